The second-order valence-corrected chi connectivity index (χ2v) is 9.33. The lowest BCUT2D eigenvalue weighted by Gasteiger charge is -2.22. The number of hydrogen-bond acceptors (Lipinski definition) is 6. The summed E-state index contributed by atoms with van der Waals surface area (Å²) in [6.07, 6.45) is 1.22. The molecule has 0 aliphatic heterocycles. The molecule has 0 aliphatic carbocycles. The van der Waals surface area contributed by atoms with Crippen molar-refractivity contribution in [2.24, 2.45) is 11.5 Å². The molecule has 0 fully saturated rings. The molecule has 9 heteroatoms. The summed E-state index contributed by atoms with van der Waals surface area (Å²) in [5, 5.41) is 7.34. The molecule has 8 nitrogen and oxygen atoms in total. The molecule has 0 saturated carbocycles. The average molecular weight is 509 g/mol. The lowest BCUT2D eigenvalue weighted by atomic mass is 10.0. The minimum Gasteiger partial charge on any atom is -0.445 e. The fourth-order valence-electron chi connectivity index (χ4n) is 3.65. The van der Waals surface area contributed by atoms with Gasteiger partial charge in [-0.15, -0.1) is 11.3 Å². The Balaban J connectivity index is 1.69. The van der Waals surface area contributed by atoms with Gasteiger partial charge in [0.15, 0.2) is 0 Å². The summed E-state index contributed by atoms with van der Waals surface area (Å²) in [4.78, 5) is 38.7. The van der Waals surface area contributed by atoms with E-state index in [-0.39, 0.29) is 13.0 Å². The van der Waals surface area contributed by atoms with E-state index in [0.717, 1.165) is 21.6 Å². The molecule has 3 amide bonds. The van der Waals surface area contributed by atoms with E-state index >= 15 is 0 Å². The van der Waals surface area contributed by atoms with E-state index in [0.29, 0.717) is 25.8 Å². The maximum Gasteiger partial charge on any atom is 0.408 e. The number of ether oxygens (including phenoxy) is 1. The zero-order chi connectivity index (χ0) is 25.8. The van der Waals surface area contributed by atoms with Gasteiger partial charge in [-0.1, -0.05) is 60.7 Å². The standard InChI is InChI=1S/C27H32N4O4S/c28-15-5-4-9-22(25(29)32)30-26(33)23(31-27(34)35-18-20-7-2-1-3-8-20)17-19-11-13-21(14-12-19)24-10-6-16-36-24/h1-3,6-8,10-14,16,22-23H,4-5,9,15,17-18,28H2,(H2,29,32)(H,30,33)(H,31,34)/t22-,23-/m0/s1. The molecule has 0 aliphatic rings. The van der Waals surface area contributed by atoms with Crippen LogP contribution < -0.4 is 22.1 Å². The van der Waals surface area contributed by atoms with Crippen LogP contribution in [0.1, 0.15) is 30.4 Å². The number of nitrogens with one attached hydrogen (secondary N) is 2. The Kier molecular flexibility index (Phi) is 10.5. The van der Waals surface area contributed by atoms with Crippen LogP contribution in [-0.4, -0.2) is 36.5 Å². The van der Waals surface area contributed by atoms with Crippen LogP contribution in [0.4, 0.5) is 4.79 Å². The Hall–Kier alpha value is -3.69. The quantitative estimate of drug-likeness (QED) is 0.263. The molecular weight excluding hydrogens is 476 g/mol. The molecule has 36 heavy (non-hydrogen) atoms. The number of primary amides is 1. The highest BCUT2D eigenvalue weighted by Gasteiger charge is 2.26. The second-order valence-electron chi connectivity index (χ2n) is 8.39. The molecule has 6 N–H and O–H groups in total. The van der Waals surface area contributed by atoms with E-state index < -0.39 is 30.0 Å². The van der Waals surface area contributed by atoms with Gasteiger partial charge in [-0.2, -0.15) is 0 Å². The predicted octanol–water partition coefficient (Wildman–Crippen LogP) is 3.35. The van der Waals surface area contributed by atoms with Gasteiger partial charge < -0.3 is 26.8 Å². The zero-order valence-electron chi connectivity index (χ0n) is 20.0. The molecule has 190 valence electrons. The third-order valence-corrected chi connectivity index (χ3v) is 6.55. The Morgan fingerprint density at radius 2 is 1.61 bits per heavy atom. The lowest BCUT2D eigenvalue weighted by molar-refractivity contribution is -0.128. The first kappa shape index (κ1) is 26.9. The van der Waals surface area contributed by atoms with Gasteiger partial charge in [0.05, 0.1) is 0 Å². The number of thiophene rings is 1. The fourth-order valence-corrected chi connectivity index (χ4v) is 4.38. The van der Waals surface area contributed by atoms with Crippen LogP contribution in [0.3, 0.4) is 0 Å². The number of benzene rings is 2. The molecule has 0 saturated heterocycles. The van der Waals surface area contributed by atoms with Gasteiger partial charge in [0.1, 0.15) is 18.7 Å². The third kappa shape index (κ3) is 8.51. The number of unbranched alkanes of at least 4 members (excludes halogenated alkanes) is 1. The van der Waals surface area contributed by atoms with Crippen LogP contribution in [0.2, 0.25) is 0 Å². The Morgan fingerprint density at radius 3 is 2.25 bits per heavy atom. The Labute approximate surface area is 215 Å². The van der Waals surface area contributed by atoms with Crippen LogP contribution in [0.25, 0.3) is 10.4 Å². The monoisotopic (exact) mass is 508 g/mol. The maximum absolute atomic E-state index is 13.1. The summed E-state index contributed by atoms with van der Waals surface area (Å²) in [5.41, 5.74) is 13.8. The minimum atomic E-state index is -0.961. The van der Waals surface area contributed by atoms with Crippen LogP contribution in [0, 0.1) is 0 Å². The minimum absolute atomic E-state index is 0.0690. The van der Waals surface area contributed by atoms with Crippen LogP contribution in [0.5, 0.6) is 0 Å². The van der Waals surface area contributed by atoms with Crippen molar-refractivity contribution >= 4 is 29.2 Å². The van der Waals surface area contributed by atoms with Crippen molar-refractivity contribution in [2.75, 3.05) is 6.54 Å². The van der Waals surface area contributed by atoms with Gasteiger partial charge in [-0.25, -0.2) is 4.79 Å². The van der Waals surface area contributed by atoms with Crippen molar-refractivity contribution in [1.29, 1.82) is 0 Å². The van der Waals surface area contributed by atoms with E-state index in [9.17, 15) is 14.4 Å². The molecule has 3 aromatic rings. The SMILES string of the molecule is NCCCC[C@H](NC(=O)[C@H](Cc1ccc(-c2cccs2)cc1)NC(=O)OCc1ccccc1)C(N)=O. The molecule has 0 unspecified atom stereocenters. The summed E-state index contributed by atoms with van der Waals surface area (Å²) in [5.74, 6) is -1.14. The first-order chi connectivity index (χ1) is 17.5. The van der Waals surface area contributed by atoms with Gasteiger partial charge in [0.25, 0.3) is 0 Å². The number of hydrogen-bond donors (Lipinski definition) is 4. The molecule has 0 radical (unpaired) electrons. The summed E-state index contributed by atoms with van der Waals surface area (Å²) in [6, 6.07) is 19.2. The molecule has 2 atom stereocenters. The highest BCUT2D eigenvalue weighted by molar-refractivity contribution is 7.13. The van der Waals surface area contributed by atoms with Gasteiger partial charge in [-0.05, 0) is 53.9 Å². The normalized spacial score (nSPS) is 12.4. The van der Waals surface area contributed by atoms with Crippen LogP contribution in [0.15, 0.2) is 72.1 Å². The van der Waals surface area contributed by atoms with Gasteiger partial charge in [0, 0.05) is 11.3 Å². The van der Waals surface area contributed by atoms with Gasteiger partial charge in [-0.3, -0.25) is 9.59 Å². The van der Waals surface area contributed by atoms with E-state index in [1.165, 1.54) is 0 Å². The van der Waals surface area contributed by atoms with Crippen molar-refractivity contribution in [1.82, 2.24) is 10.6 Å². The van der Waals surface area contributed by atoms with E-state index in [1.54, 1.807) is 11.3 Å². The summed E-state index contributed by atoms with van der Waals surface area (Å²) >= 11 is 1.64. The molecular formula is C27H32N4O4S. The van der Waals surface area contributed by atoms with E-state index in [2.05, 4.69) is 10.6 Å². The molecule has 2 aromatic carbocycles. The topological polar surface area (TPSA) is 137 Å². The predicted molar refractivity (Wildman–Crippen MR) is 141 cm³/mol. The molecule has 0 bridgehead atoms. The first-order valence-corrected chi connectivity index (χ1v) is 12.7. The second kappa shape index (κ2) is 14.0. The maximum atomic E-state index is 13.1. The van der Waals surface area contributed by atoms with E-state index in [1.807, 2.05) is 72.1 Å². The number of nitrogens with two attached hydrogens (primary N) is 2. The zero-order valence-corrected chi connectivity index (χ0v) is 20.8. The van der Waals surface area contributed by atoms with Crippen molar-refractivity contribution in [3.05, 3.63) is 83.2 Å². The Bertz CT molecular complexity index is 1100. The Morgan fingerprint density at radius 1 is 0.861 bits per heavy atom. The smallest absolute Gasteiger partial charge is 0.408 e. The van der Waals surface area contributed by atoms with Crippen LogP contribution >= 0.6 is 11.3 Å². The third-order valence-electron chi connectivity index (χ3n) is 5.63. The summed E-state index contributed by atoms with van der Waals surface area (Å²) < 4.78 is 5.31. The number of alkyl carbamates (subject to hydrolysis) is 1. The lowest BCUT2D eigenvalue weighted by Crippen LogP contribution is -2.53. The van der Waals surface area contributed by atoms with Crippen molar-refractivity contribution in [3.8, 4) is 10.4 Å². The van der Waals surface area contributed by atoms with Crippen LogP contribution in [-0.2, 0) is 27.4 Å². The van der Waals surface area contributed by atoms with E-state index in [4.69, 9.17) is 16.2 Å². The highest BCUT2D eigenvalue weighted by atomic mass is 32.1. The largest absolute Gasteiger partial charge is 0.445 e. The molecule has 1 aromatic heterocycles. The van der Waals surface area contributed by atoms with Gasteiger partial charge in [0.2, 0.25) is 11.8 Å². The molecule has 3 rings (SSSR count). The number of carbonyl (C=O) groups is 3. The number of carbonyl (C=O) groups excluding carboxylic acids is 3. The van der Waals surface area contributed by atoms with Crippen molar-refractivity contribution < 1.29 is 19.1 Å². The molecule has 0 spiro atoms. The van der Waals surface area contributed by atoms with Gasteiger partial charge >= 0.3 is 6.09 Å². The number of amides is 3. The summed E-state index contributed by atoms with van der Waals surface area (Å²) in [6.45, 7) is 0.553. The summed E-state index contributed by atoms with van der Waals surface area (Å²) in [7, 11) is 0. The number of rotatable bonds is 13. The van der Waals surface area contributed by atoms with Crippen molar-refractivity contribution in [3.63, 3.8) is 0 Å². The average Bonchev–Trinajstić information content (AvgIpc) is 3.42. The first-order valence-electron chi connectivity index (χ1n) is 11.9. The highest BCUT2D eigenvalue weighted by Crippen LogP contribution is 2.25. The molecule has 1 heterocycles. The van der Waals surface area contributed by atoms with Crippen molar-refractivity contribution in [2.45, 2.75) is 44.4 Å². The fraction of sp³-hybridized carbons (Fsp3) is 0.296.